The van der Waals surface area contributed by atoms with Crippen LogP contribution in [-0.4, -0.2) is 82.1 Å². The molecule has 15 nitrogen and oxygen atoms in total. The number of pyridine rings is 1. The van der Waals surface area contributed by atoms with Crippen molar-refractivity contribution in [1.29, 1.82) is 0 Å². The van der Waals surface area contributed by atoms with Gasteiger partial charge in [-0.3, -0.25) is 9.78 Å². The summed E-state index contributed by atoms with van der Waals surface area (Å²) < 4.78 is 22.2. The molecular formula is C11H20N2O13P2. The average Bonchev–Trinajstić information content (AvgIpc) is 2.58. The summed E-state index contributed by atoms with van der Waals surface area (Å²) in [7, 11) is -10.1. The van der Waals surface area contributed by atoms with Crippen LogP contribution in [0.3, 0.4) is 0 Å². The van der Waals surface area contributed by atoms with Gasteiger partial charge in [-0.05, 0) is 12.1 Å². The van der Waals surface area contributed by atoms with Crippen LogP contribution in [0.5, 0.6) is 0 Å². The summed E-state index contributed by atoms with van der Waals surface area (Å²) in [5, 5.41) is 34.1. The number of aliphatic hydroxyl groups excluding tert-OH is 4. The number of nitrogens with zero attached hydrogens (tertiary/aromatic N) is 1. The minimum atomic E-state index is -5.05. The van der Waals surface area contributed by atoms with Crippen molar-refractivity contribution in [2.24, 2.45) is 5.73 Å². The molecule has 17 heteroatoms. The molecule has 1 aromatic rings. The van der Waals surface area contributed by atoms with Crippen molar-refractivity contribution >= 4 is 27.8 Å². The van der Waals surface area contributed by atoms with E-state index >= 15 is 0 Å². The van der Waals surface area contributed by atoms with Crippen molar-refractivity contribution in [3.63, 3.8) is 0 Å². The van der Waals surface area contributed by atoms with E-state index in [1.165, 1.54) is 6.20 Å². The molecule has 0 aliphatic heterocycles. The summed E-state index contributed by atoms with van der Waals surface area (Å²) in [5.41, 5.74) is 5.38. The Balaban J connectivity index is 0. The van der Waals surface area contributed by atoms with E-state index < -0.39 is 46.5 Å². The van der Waals surface area contributed by atoms with E-state index in [0.29, 0.717) is 5.56 Å². The molecule has 0 saturated heterocycles. The van der Waals surface area contributed by atoms with Crippen molar-refractivity contribution in [1.82, 2.24) is 4.98 Å². The third kappa shape index (κ3) is 16.6. The van der Waals surface area contributed by atoms with Crippen LogP contribution in [0, 0.1) is 0 Å². The molecule has 28 heavy (non-hydrogen) atoms. The highest BCUT2D eigenvalue weighted by Crippen LogP contribution is 2.53. The molecule has 162 valence electrons. The van der Waals surface area contributed by atoms with E-state index in [4.69, 9.17) is 45.7 Å². The maximum Gasteiger partial charge on any atom is 0.478 e. The maximum absolute atomic E-state index is 10.4. The molecule has 0 radical (unpaired) electrons. The van der Waals surface area contributed by atoms with Gasteiger partial charge in [-0.15, -0.1) is 0 Å². The van der Waals surface area contributed by atoms with Crippen molar-refractivity contribution in [3.8, 4) is 0 Å². The monoisotopic (exact) mass is 450 g/mol. The second-order valence-electron chi connectivity index (χ2n) is 4.54. The highest BCUT2D eigenvalue weighted by atomic mass is 31.3. The molecule has 1 aromatic heterocycles. The Labute approximate surface area is 157 Å². The van der Waals surface area contributed by atoms with Crippen LogP contribution in [0.1, 0.15) is 10.4 Å². The van der Waals surface area contributed by atoms with Gasteiger partial charge in [0.1, 0.15) is 18.3 Å². The van der Waals surface area contributed by atoms with Crippen LogP contribution in [-0.2, 0) is 18.2 Å². The third-order valence-electron chi connectivity index (χ3n) is 2.23. The van der Waals surface area contributed by atoms with Crippen molar-refractivity contribution in [2.75, 3.05) is 6.61 Å². The number of nitrogens with two attached hydrogens (primary N) is 1. The SMILES string of the molecule is NC(=O)c1cccnc1.O=C[C@H](O)[C@H](O)[C@H](O)CO.O=P(O)(O)OP(=O)(O)O. The molecular weight excluding hydrogens is 430 g/mol. The molecule has 1 heterocycles. The van der Waals surface area contributed by atoms with Crippen molar-refractivity contribution in [3.05, 3.63) is 30.1 Å². The number of amides is 1. The molecule has 3 atom stereocenters. The second kappa shape index (κ2) is 13.5. The summed E-state index contributed by atoms with van der Waals surface area (Å²) >= 11 is 0. The first-order chi connectivity index (χ1) is 12.6. The Bertz CT molecular complexity index is 656. The summed E-state index contributed by atoms with van der Waals surface area (Å²) in [6.07, 6.45) is -1.61. The molecule has 0 aromatic carbocycles. The molecule has 0 bridgehead atoms. The number of primary amides is 1. The minimum absolute atomic E-state index is 0.0869. The normalized spacial score (nSPS) is 14.3. The number of rotatable bonds is 7. The van der Waals surface area contributed by atoms with Gasteiger partial charge in [0.05, 0.1) is 12.2 Å². The molecule has 0 fully saturated rings. The van der Waals surface area contributed by atoms with Gasteiger partial charge in [0.25, 0.3) is 0 Å². The molecule has 0 spiro atoms. The lowest BCUT2D eigenvalue weighted by molar-refractivity contribution is -0.127. The minimum Gasteiger partial charge on any atom is -0.394 e. The van der Waals surface area contributed by atoms with Crippen molar-refractivity contribution < 1.29 is 63.0 Å². The number of hydrogen-bond acceptors (Lipinski definition) is 10. The fourth-order valence-electron chi connectivity index (χ4n) is 1.06. The first-order valence-corrected chi connectivity index (χ1v) is 9.83. The Kier molecular flexibility index (Phi) is 13.8. The lowest BCUT2D eigenvalue weighted by Crippen LogP contribution is -2.40. The molecule has 10 N–H and O–H groups in total. The van der Waals surface area contributed by atoms with Crippen LogP contribution >= 0.6 is 15.6 Å². The molecule has 0 saturated carbocycles. The molecule has 1 rings (SSSR count). The summed E-state index contributed by atoms with van der Waals surface area (Å²) in [4.78, 5) is 54.9. The topological polar surface area (TPSA) is 278 Å². The molecule has 0 aliphatic rings. The summed E-state index contributed by atoms with van der Waals surface area (Å²) in [6, 6.07) is 3.29. The van der Waals surface area contributed by atoms with E-state index in [1.54, 1.807) is 18.3 Å². The zero-order valence-electron chi connectivity index (χ0n) is 13.9. The molecule has 0 unspecified atom stereocenters. The van der Waals surface area contributed by atoms with Crippen LogP contribution in [0.15, 0.2) is 24.5 Å². The lowest BCUT2D eigenvalue weighted by Gasteiger charge is -2.16. The fourth-order valence-corrected chi connectivity index (χ4v) is 2.17. The summed E-state index contributed by atoms with van der Waals surface area (Å²) in [6.45, 7) is -0.688. The van der Waals surface area contributed by atoms with Crippen LogP contribution in [0.25, 0.3) is 0 Å². The van der Waals surface area contributed by atoms with Gasteiger partial charge in [-0.25, -0.2) is 9.13 Å². The van der Waals surface area contributed by atoms with E-state index in [0.717, 1.165) is 0 Å². The van der Waals surface area contributed by atoms with Crippen LogP contribution in [0.4, 0.5) is 0 Å². The third-order valence-corrected chi connectivity index (χ3v) is 3.93. The number of aromatic nitrogens is 1. The van der Waals surface area contributed by atoms with Gasteiger partial charge in [0.2, 0.25) is 5.91 Å². The molecule has 0 aliphatic carbocycles. The van der Waals surface area contributed by atoms with Gasteiger partial charge < -0.3 is 50.5 Å². The van der Waals surface area contributed by atoms with Crippen LogP contribution in [0.2, 0.25) is 0 Å². The van der Waals surface area contributed by atoms with Gasteiger partial charge >= 0.3 is 15.6 Å². The van der Waals surface area contributed by atoms with Crippen LogP contribution < -0.4 is 5.73 Å². The summed E-state index contributed by atoms with van der Waals surface area (Å²) in [5.74, 6) is -0.442. The standard InChI is InChI=1S/C6H6N2O.C5H10O5.H4O7P2/c7-6(9)5-2-1-3-8-4-5;6-1-3(8)5(10)4(9)2-7;1-8(2,3)7-9(4,5)6/h1-4H,(H2,7,9);1,3-5,7-10H,2H2;(H2,1,2,3)(H2,4,5,6)/t;3-,4+,5-;/m.0./s1. The smallest absolute Gasteiger partial charge is 0.394 e. The van der Waals surface area contributed by atoms with E-state index in [9.17, 15) is 18.7 Å². The largest absolute Gasteiger partial charge is 0.478 e. The van der Waals surface area contributed by atoms with Gasteiger partial charge in [0.15, 0.2) is 6.29 Å². The Hall–Kier alpha value is -1.61. The van der Waals surface area contributed by atoms with Gasteiger partial charge in [0, 0.05) is 12.4 Å². The Morgan fingerprint density at radius 3 is 1.89 bits per heavy atom. The van der Waals surface area contributed by atoms with E-state index in [2.05, 4.69) is 9.29 Å². The first kappa shape index (κ1) is 28.6. The fraction of sp³-hybridized carbons (Fsp3) is 0.364. The van der Waals surface area contributed by atoms with E-state index in [1.807, 2.05) is 0 Å². The Morgan fingerprint density at radius 1 is 1.18 bits per heavy atom. The van der Waals surface area contributed by atoms with Gasteiger partial charge in [-0.1, -0.05) is 0 Å². The molecule has 1 amide bonds. The predicted octanol–water partition coefficient (Wildman–Crippen LogP) is -3.37. The van der Waals surface area contributed by atoms with E-state index in [-0.39, 0.29) is 6.29 Å². The first-order valence-electron chi connectivity index (χ1n) is 6.77. The lowest BCUT2D eigenvalue weighted by atomic mass is 10.1. The number of aldehydes is 1. The predicted molar refractivity (Wildman–Crippen MR) is 89.1 cm³/mol. The van der Waals surface area contributed by atoms with Gasteiger partial charge in [-0.2, -0.15) is 4.31 Å². The number of phosphoric acid groups is 2. The second-order valence-corrected chi connectivity index (χ2v) is 7.15. The quantitative estimate of drug-likeness (QED) is 0.145. The number of hydrogen-bond donors (Lipinski definition) is 9. The highest BCUT2D eigenvalue weighted by molar-refractivity contribution is 7.60. The number of carbonyl (C=O) groups excluding carboxylic acids is 2. The highest BCUT2D eigenvalue weighted by Gasteiger charge is 2.28. The van der Waals surface area contributed by atoms with Crippen molar-refractivity contribution in [2.45, 2.75) is 18.3 Å². The maximum atomic E-state index is 10.4. The zero-order chi connectivity index (χ0) is 22.5. The zero-order valence-corrected chi connectivity index (χ0v) is 15.7. The number of carbonyl (C=O) groups is 2. The Morgan fingerprint density at radius 2 is 1.68 bits per heavy atom. The number of aliphatic hydroxyl groups is 4. The average molecular weight is 450 g/mol.